The number of amides is 2. The van der Waals surface area contributed by atoms with Crippen molar-refractivity contribution in [3.05, 3.63) is 24.3 Å². The molecule has 0 aliphatic carbocycles. The number of nitrogens with one attached hydrogen (secondary N) is 2. The molecular weight excluding hydrogens is 204 g/mol. The molecule has 0 saturated heterocycles. The first-order valence-corrected chi connectivity index (χ1v) is 5.29. The van der Waals surface area contributed by atoms with Crippen molar-refractivity contribution < 1.29 is 9.59 Å². The van der Waals surface area contributed by atoms with Crippen molar-refractivity contribution in [1.29, 1.82) is 0 Å². The van der Waals surface area contributed by atoms with Gasteiger partial charge < -0.3 is 10.6 Å². The lowest BCUT2D eigenvalue weighted by Crippen LogP contribution is -2.10. The summed E-state index contributed by atoms with van der Waals surface area (Å²) in [4.78, 5) is 22.1. The van der Waals surface area contributed by atoms with Gasteiger partial charge in [-0.25, -0.2) is 0 Å². The molecule has 0 unspecified atom stereocenters. The second-order valence-corrected chi connectivity index (χ2v) is 3.56. The number of carbonyl (C=O) groups excluding carboxylic acids is 2. The predicted molar refractivity (Wildman–Crippen MR) is 64.3 cm³/mol. The van der Waals surface area contributed by atoms with Crippen molar-refractivity contribution >= 4 is 23.2 Å². The van der Waals surface area contributed by atoms with Crippen LogP contribution in [0.15, 0.2) is 24.3 Å². The average Bonchev–Trinajstić information content (AvgIpc) is 2.20. The molecule has 1 aromatic carbocycles. The number of hydrogen-bond acceptors (Lipinski definition) is 2. The first-order chi connectivity index (χ1) is 7.61. The Balaban J connectivity index is 2.57. The van der Waals surface area contributed by atoms with Crippen LogP contribution in [-0.4, -0.2) is 11.8 Å². The highest BCUT2D eigenvalue weighted by Gasteiger charge is 2.00. The van der Waals surface area contributed by atoms with Gasteiger partial charge in [0.15, 0.2) is 0 Å². The van der Waals surface area contributed by atoms with Crippen molar-refractivity contribution in [2.75, 3.05) is 10.6 Å². The molecule has 0 atom stereocenters. The summed E-state index contributed by atoms with van der Waals surface area (Å²) in [5.74, 6) is -0.0995. The van der Waals surface area contributed by atoms with Gasteiger partial charge in [-0.2, -0.15) is 0 Å². The Morgan fingerprint density at radius 2 is 1.56 bits per heavy atom. The highest BCUT2D eigenvalue weighted by molar-refractivity contribution is 5.92. The summed E-state index contributed by atoms with van der Waals surface area (Å²) < 4.78 is 0. The molecule has 0 spiro atoms. The third-order valence-corrected chi connectivity index (χ3v) is 1.97. The van der Waals surface area contributed by atoms with E-state index in [0.717, 1.165) is 17.8 Å². The molecular formula is C12H16N2O2. The van der Waals surface area contributed by atoms with E-state index < -0.39 is 0 Å². The van der Waals surface area contributed by atoms with Crippen LogP contribution in [0.2, 0.25) is 0 Å². The molecule has 1 aromatic rings. The highest BCUT2D eigenvalue weighted by Crippen LogP contribution is 2.13. The van der Waals surface area contributed by atoms with Crippen LogP contribution in [0.25, 0.3) is 0 Å². The molecule has 4 nitrogen and oxygen atoms in total. The van der Waals surface area contributed by atoms with Crippen LogP contribution < -0.4 is 10.6 Å². The maximum atomic E-state index is 11.3. The van der Waals surface area contributed by atoms with Crippen LogP contribution in [0.5, 0.6) is 0 Å². The molecule has 0 aliphatic rings. The van der Waals surface area contributed by atoms with Gasteiger partial charge in [-0.15, -0.1) is 0 Å². The Morgan fingerprint density at radius 1 is 1.06 bits per heavy atom. The van der Waals surface area contributed by atoms with Crippen LogP contribution in [-0.2, 0) is 9.59 Å². The van der Waals surface area contributed by atoms with Crippen LogP contribution >= 0.6 is 0 Å². The monoisotopic (exact) mass is 220 g/mol. The molecule has 0 saturated carbocycles. The van der Waals surface area contributed by atoms with Crippen LogP contribution in [0, 0.1) is 0 Å². The molecule has 2 amide bonds. The molecule has 0 aromatic heterocycles. The lowest BCUT2D eigenvalue weighted by Gasteiger charge is -2.06. The van der Waals surface area contributed by atoms with Gasteiger partial charge in [0, 0.05) is 24.7 Å². The zero-order valence-corrected chi connectivity index (χ0v) is 9.54. The van der Waals surface area contributed by atoms with Crippen molar-refractivity contribution in [3.8, 4) is 0 Å². The minimum Gasteiger partial charge on any atom is -0.326 e. The lowest BCUT2D eigenvalue weighted by atomic mass is 10.2. The fraction of sp³-hybridized carbons (Fsp3) is 0.333. The normalized spacial score (nSPS) is 9.62. The van der Waals surface area contributed by atoms with E-state index in [-0.39, 0.29) is 11.8 Å². The van der Waals surface area contributed by atoms with E-state index in [1.807, 2.05) is 6.92 Å². The largest absolute Gasteiger partial charge is 0.326 e. The second-order valence-electron chi connectivity index (χ2n) is 3.56. The third kappa shape index (κ3) is 4.13. The zero-order valence-electron chi connectivity index (χ0n) is 9.54. The molecule has 0 bridgehead atoms. The Hall–Kier alpha value is -1.84. The summed E-state index contributed by atoms with van der Waals surface area (Å²) in [6.45, 7) is 3.41. The first-order valence-electron chi connectivity index (χ1n) is 5.29. The van der Waals surface area contributed by atoms with E-state index in [1.165, 1.54) is 6.92 Å². The van der Waals surface area contributed by atoms with Crippen molar-refractivity contribution in [2.45, 2.75) is 26.7 Å². The average molecular weight is 220 g/mol. The molecule has 86 valence electrons. The van der Waals surface area contributed by atoms with Gasteiger partial charge in [-0.3, -0.25) is 9.59 Å². The maximum absolute atomic E-state index is 11.3. The van der Waals surface area contributed by atoms with Crippen molar-refractivity contribution in [2.24, 2.45) is 0 Å². The summed E-state index contributed by atoms with van der Waals surface area (Å²) in [6.07, 6.45) is 1.35. The van der Waals surface area contributed by atoms with Gasteiger partial charge in [0.25, 0.3) is 0 Å². The van der Waals surface area contributed by atoms with E-state index in [4.69, 9.17) is 0 Å². The standard InChI is InChI=1S/C12H16N2O2/c1-3-4-12(16)14-11-7-5-10(6-8-11)13-9(2)15/h5-8H,3-4H2,1-2H3,(H,13,15)(H,14,16). The van der Waals surface area contributed by atoms with E-state index in [9.17, 15) is 9.59 Å². The summed E-state index contributed by atoms with van der Waals surface area (Å²) in [5.41, 5.74) is 1.47. The van der Waals surface area contributed by atoms with E-state index >= 15 is 0 Å². The van der Waals surface area contributed by atoms with Crippen LogP contribution in [0.4, 0.5) is 11.4 Å². The topological polar surface area (TPSA) is 58.2 Å². The molecule has 0 heterocycles. The molecule has 1 rings (SSSR count). The highest BCUT2D eigenvalue weighted by atomic mass is 16.2. The number of rotatable bonds is 4. The van der Waals surface area contributed by atoms with Crippen molar-refractivity contribution in [1.82, 2.24) is 0 Å². The summed E-state index contributed by atoms with van der Waals surface area (Å²) >= 11 is 0. The van der Waals surface area contributed by atoms with Gasteiger partial charge >= 0.3 is 0 Å². The number of hydrogen-bond donors (Lipinski definition) is 2. The Bertz CT molecular complexity index is 371. The number of carbonyl (C=O) groups is 2. The maximum Gasteiger partial charge on any atom is 0.224 e. The minimum absolute atomic E-state index is 0.00905. The lowest BCUT2D eigenvalue weighted by molar-refractivity contribution is -0.116. The minimum atomic E-state index is -0.109. The van der Waals surface area contributed by atoms with E-state index in [1.54, 1.807) is 24.3 Å². The summed E-state index contributed by atoms with van der Waals surface area (Å²) in [5, 5.41) is 5.43. The van der Waals surface area contributed by atoms with Crippen LogP contribution in [0.1, 0.15) is 26.7 Å². The van der Waals surface area contributed by atoms with E-state index in [2.05, 4.69) is 10.6 Å². The van der Waals surface area contributed by atoms with Gasteiger partial charge in [0.1, 0.15) is 0 Å². The Labute approximate surface area is 95.0 Å². The van der Waals surface area contributed by atoms with Gasteiger partial charge in [-0.05, 0) is 30.7 Å². The van der Waals surface area contributed by atoms with E-state index in [0.29, 0.717) is 6.42 Å². The second kappa shape index (κ2) is 5.90. The smallest absolute Gasteiger partial charge is 0.224 e. The van der Waals surface area contributed by atoms with Crippen molar-refractivity contribution in [3.63, 3.8) is 0 Å². The molecule has 0 radical (unpaired) electrons. The molecule has 0 aliphatic heterocycles. The molecule has 0 fully saturated rings. The predicted octanol–water partition coefficient (Wildman–Crippen LogP) is 2.38. The zero-order chi connectivity index (χ0) is 12.0. The summed E-state index contributed by atoms with van der Waals surface area (Å²) in [6, 6.07) is 7.03. The molecule has 2 N–H and O–H groups in total. The Morgan fingerprint density at radius 3 is 2.00 bits per heavy atom. The van der Waals surface area contributed by atoms with Gasteiger partial charge in [0.05, 0.1) is 0 Å². The van der Waals surface area contributed by atoms with Crippen LogP contribution in [0.3, 0.4) is 0 Å². The fourth-order valence-electron chi connectivity index (χ4n) is 1.29. The number of benzene rings is 1. The quantitative estimate of drug-likeness (QED) is 0.818. The molecule has 4 heteroatoms. The molecule has 16 heavy (non-hydrogen) atoms. The Kier molecular flexibility index (Phi) is 4.51. The SMILES string of the molecule is CCCC(=O)Nc1ccc(NC(C)=O)cc1. The number of anilines is 2. The summed E-state index contributed by atoms with van der Waals surface area (Å²) in [7, 11) is 0. The first kappa shape index (κ1) is 12.2. The third-order valence-electron chi connectivity index (χ3n) is 1.97. The fourth-order valence-corrected chi connectivity index (χ4v) is 1.29. The van der Waals surface area contributed by atoms with Gasteiger partial charge in [0.2, 0.25) is 11.8 Å². The van der Waals surface area contributed by atoms with Gasteiger partial charge in [-0.1, -0.05) is 6.92 Å².